The highest BCUT2D eigenvalue weighted by molar-refractivity contribution is 4.86. The lowest BCUT2D eigenvalue weighted by molar-refractivity contribution is -0.253. The van der Waals surface area contributed by atoms with E-state index in [1.807, 2.05) is 13.8 Å². The third kappa shape index (κ3) is 3.91. The first-order chi connectivity index (χ1) is 7.99. The van der Waals surface area contributed by atoms with Gasteiger partial charge in [0.05, 0.1) is 24.9 Å². The van der Waals surface area contributed by atoms with E-state index in [1.165, 1.54) is 6.42 Å². The number of ether oxygens (including phenoxy) is 2. The standard InChI is InChI=1S/C13H25NO3/c1-12(2)16-8-11(9-17-12)14-10-13(15)6-4-3-5-7-13/h11,14-15H,3-10H2,1-2H3. The van der Waals surface area contributed by atoms with Crippen LogP contribution in [-0.4, -0.2) is 42.3 Å². The maximum atomic E-state index is 10.4. The van der Waals surface area contributed by atoms with Gasteiger partial charge in [-0.25, -0.2) is 0 Å². The molecule has 0 unspecified atom stereocenters. The number of hydrogen-bond acceptors (Lipinski definition) is 4. The van der Waals surface area contributed by atoms with Crippen LogP contribution >= 0.6 is 0 Å². The van der Waals surface area contributed by atoms with Gasteiger partial charge in [0, 0.05) is 6.54 Å². The van der Waals surface area contributed by atoms with Crippen LogP contribution in [0.3, 0.4) is 0 Å². The van der Waals surface area contributed by atoms with Crippen molar-refractivity contribution in [3.63, 3.8) is 0 Å². The molecule has 2 fully saturated rings. The first kappa shape index (κ1) is 13.3. The number of rotatable bonds is 3. The molecule has 1 aliphatic carbocycles. The molecule has 4 nitrogen and oxygen atoms in total. The van der Waals surface area contributed by atoms with Gasteiger partial charge in [-0.3, -0.25) is 0 Å². The summed E-state index contributed by atoms with van der Waals surface area (Å²) in [6.45, 7) is 5.83. The molecule has 0 bridgehead atoms. The molecule has 0 spiro atoms. The second-order valence-electron chi connectivity index (χ2n) is 5.88. The molecule has 1 aliphatic heterocycles. The van der Waals surface area contributed by atoms with Gasteiger partial charge in [-0.1, -0.05) is 19.3 Å². The fraction of sp³-hybridized carbons (Fsp3) is 1.00. The van der Waals surface area contributed by atoms with Gasteiger partial charge < -0.3 is 19.9 Å². The molecule has 0 amide bonds. The summed E-state index contributed by atoms with van der Waals surface area (Å²) in [5.41, 5.74) is -0.509. The van der Waals surface area contributed by atoms with Gasteiger partial charge in [0.15, 0.2) is 5.79 Å². The fourth-order valence-corrected chi connectivity index (χ4v) is 2.53. The summed E-state index contributed by atoms with van der Waals surface area (Å²) in [6, 6.07) is 0.203. The lowest BCUT2D eigenvalue weighted by atomic mass is 9.85. The highest BCUT2D eigenvalue weighted by atomic mass is 16.7. The summed E-state index contributed by atoms with van der Waals surface area (Å²) in [5.74, 6) is -0.458. The molecular formula is C13H25NO3. The minimum Gasteiger partial charge on any atom is -0.389 e. The zero-order valence-corrected chi connectivity index (χ0v) is 11.0. The van der Waals surface area contributed by atoms with E-state index >= 15 is 0 Å². The normalized spacial score (nSPS) is 29.1. The minimum atomic E-state index is -0.509. The monoisotopic (exact) mass is 243 g/mol. The Morgan fingerprint density at radius 2 is 1.71 bits per heavy atom. The van der Waals surface area contributed by atoms with Gasteiger partial charge in [0.1, 0.15) is 0 Å². The van der Waals surface area contributed by atoms with E-state index in [9.17, 15) is 5.11 Å². The number of nitrogens with one attached hydrogen (secondary N) is 1. The van der Waals surface area contributed by atoms with Crippen molar-refractivity contribution in [3.8, 4) is 0 Å². The first-order valence-corrected chi connectivity index (χ1v) is 6.73. The fourth-order valence-electron chi connectivity index (χ4n) is 2.53. The van der Waals surface area contributed by atoms with Crippen molar-refractivity contribution in [2.75, 3.05) is 19.8 Å². The van der Waals surface area contributed by atoms with Gasteiger partial charge in [-0.2, -0.15) is 0 Å². The molecule has 0 radical (unpaired) electrons. The number of hydrogen-bond donors (Lipinski definition) is 2. The third-order valence-corrected chi connectivity index (χ3v) is 3.77. The van der Waals surface area contributed by atoms with Crippen LogP contribution < -0.4 is 5.32 Å². The Bertz CT molecular complexity index is 239. The van der Waals surface area contributed by atoms with Gasteiger partial charge in [0.25, 0.3) is 0 Å². The summed E-state index contributed by atoms with van der Waals surface area (Å²) in [4.78, 5) is 0. The van der Waals surface area contributed by atoms with Gasteiger partial charge >= 0.3 is 0 Å². The predicted octanol–water partition coefficient (Wildman–Crippen LogP) is 1.42. The van der Waals surface area contributed by atoms with Gasteiger partial charge in [-0.15, -0.1) is 0 Å². The van der Waals surface area contributed by atoms with Crippen LogP contribution in [0.1, 0.15) is 46.0 Å². The van der Waals surface area contributed by atoms with Crippen molar-refractivity contribution in [1.82, 2.24) is 5.32 Å². The Morgan fingerprint density at radius 3 is 2.29 bits per heavy atom. The van der Waals surface area contributed by atoms with Crippen molar-refractivity contribution in [2.24, 2.45) is 0 Å². The van der Waals surface area contributed by atoms with Crippen LogP contribution in [0.25, 0.3) is 0 Å². The zero-order chi connectivity index (χ0) is 12.4. The molecule has 0 aromatic heterocycles. The molecule has 1 heterocycles. The summed E-state index contributed by atoms with van der Waals surface area (Å²) in [5, 5.41) is 13.7. The van der Waals surface area contributed by atoms with E-state index in [2.05, 4.69) is 5.32 Å². The lowest BCUT2D eigenvalue weighted by Gasteiger charge is -2.38. The lowest BCUT2D eigenvalue weighted by Crippen LogP contribution is -2.53. The maximum absolute atomic E-state index is 10.4. The molecule has 0 atom stereocenters. The van der Waals surface area contributed by atoms with E-state index in [0.29, 0.717) is 19.8 Å². The van der Waals surface area contributed by atoms with E-state index in [0.717, 1.165) is 25.7 Å². The van der Waals surface area contributed by atoms with Crippen LogP contribution in [-0.2, 0) is 9.47 Å². The Morgan fingerprint density at radius 1 is 1.12 bits per heavy atom. The molecule has 2 rings (SSSR count). The van der Waals surface area contributed by atoms with Crippen LogP contribution in [0.15, 0.2) is 0 Å². The highest BCUT2D eigenvalue weighted by Crippen LogP contribution is 2.27. The first-order valence-electron chi connectivity index (χ1n) is 6.73. The van der Waals surface area contributed by atoms with Crippen LogP contribution in [0, 0.1) is 0 Å². The molecule has 100 valence electrons. The van der Waals surface area contributed by atoms with E-state index in [1.54, 1.807) is 0 Å². The average Bonchev–Trinajstić information content (AvgIpc) is 2.29. The zero-order valence-electron chi connectivity index (χ0n) is 11.0. The molecule has 4 heteroatoms. The molecule has 2 N–H and O–H groups in total. The van der Waals surface area contributed by atoms with E-state index in [-0.39, 0.29) is 6.04 Å². The summed E-state index contributed by atoms with van der Waals surface area (Å²) in [7, 11) is 0. The highest BCUT2D eigenvalue weighted by Gasteiger charge is 2.32. The van der Waals surface area contributed by atoms with E-state index < -0.39 is 11.4 Å². The molecule has 0 aromatic carbocycles. The second kappa shape index (κ2) is 5.22. The Labute approximate surface area is 104 Å². The molecule has 1 saturated heterocycles. The molecular weight excluding hydrogens is 218 g/mol. The SMILES string of the molecule is CC1(C)OCC(NCC2(O)CCCCC2)CO1. The van der Waals surface area contributed by atoms with Crippen molar-refractivity contribution in [2.45, 2.75) is 63.4 Å². The van der Waals surface area contributed by atoms with Gasteiger partial charge in [-0.05, 0) is 26.7 Å². The molecule has 17 heavy (non-hydrogen) atoms. The van der Waals surface area contributed by atoms with Crippen molar-refractivity contribution < 1.29 is 14.6 Å². The smallest absolute Gasteiger partial charge is 0.162 e. The Kier molecular flexibility index (Phi) is 4.08. The molecule has 1 saturated carbocycles. The van der Waals surface area contributed by atoms with E-state index in [4.69, 9.17) is 9.47 Å². The summed E-state index contributed by atoms with van der Waals surface area (Å²) < 4.78 is 11.2. The quantitative estimate of drug-likeness (QED) is 0.787. The molecule has 2 aliphatic rings. The van der Waals surface area contributed by atoms with Crippen LogP contribution in [0.5, 0.6) is 0 Å². The minimum absolute atomic E-state index is 0.203. The largest absolute Gasteiger partial charge is 0.389 e. The summed E-state index contributed by atoms with van der Waals surface area (Å²) in [6.07, 6.45) is 5.37. The predicted molar refractivity (Wildman–Crippen MR) is 65.8 cm³/mol. The van der Waals surface area contributed by atoms with Crippen LogP contribution in [0.4, 0.5) is 0 Å². The second-order valence-corrected chi connectivity index (χ2v) is 5.88. The van der Waals surface area contributed by atoms with Crippen LogP contribution in [0.2, 0.25) is 0 Å². The molecule has 0 aromatic rings. The summed E-state index contributed by atoms with van der Waals surface area (Å²) >= 11 is 0. The number of aliphatic hydroxyl groups is 1. The maximum Gasteiger partial charge on any atom is 0.162 e. The third-order valence-electron chi connectivity index (χ3n) is 3.77. The van der Waals surface area contributed by atoms with Gasteiger partial charge in [0.2, 0.25) is 0 Å². The topological polar surface area (TPSA) is 50.7 Å². The van der Waals surface area contributed by atoms with Crippen molar-refractivity contribution >= 4 is 0 Å². The average molecular weight is 243 g/mol. The Hall–Kier alpha value is -0.160. The van der Waals surface area contributed by atoms with Crippen molar-refractivity contribution in [1.29, 1.82) is 0 Å². The Balaban J connectivity index is 1.71. The van der Waals surface area contributed by atoms with Crippen molar-refractivity contribution in [3.05, 3.63) is 0 Å².